The second kappa shape index (κ2) is 8.29. The number of amides is 1. The van der Waals surface area contributed by atoms with Crippen LogP contribution in [-0.4, -0.2) is 39.8 Å². The van der Waals surface area contributed by atoms with Crippen LogP contribution in [0.3, 0.4) is 0 Å². The number of thioether (sulfide) groups is 1. The van der Waals surface area contributed by atoms with Crippen LogP contribution in [0.1, 0.15) is 5.56 Å². The van der Waals surface area contributed by atoms with Gasteiger partial charge in [-0.05, 0) is 48.4 Å². The first-order valence-electron chi connectivity index (χ1n) is 10.7. The van der Waals surface area contributed by atoms with Crippen molar-refractivity contribution in [1.82, 2.24) is 14.8 Å². The molecule has 3 heterocycles. The van der Waals surface area contributed by atoms with Crippen molar-refractivity contribution >= 4 is 23.4 Å². The molecular weight excluding hydrogens is 436 g/mol. The molecule has 164 valence electrons. The molecule has 0 aliphatic carbocycles. The molecular formula is C25H20N4O3S. The van der Waals surface area contributed by atoms with Gasteiger partial charge >= 0.3 is 0 Å². The van der Waals surface area contributed by atoms with E-state index in [4.69, 9.17) is 9.47 Å². The summed E-state index contributed by atoms with van der Waals surface area (Å²) < 4.78 is 13.0. The zero-order valence-corrected chi connectivity index (χ0v) is 18.5. The molecule has 6 rings (SSSR count). The Morgan fingerprint density at radius 1 is 0.939 bits per heavy atom. The van der Waals surface area contributed by atoms with Crippen LogP contribution in [0, 0.1) is 0 Å². The zero-order valence-electron chi connectivity index (χ0n) is 17.7. The monoisotopic (exact) mass is 456 g/mol. The average molecular weight is 457 g/mol. The SMILES string of the molecule is O=C(CSc1nnc(-c2ccc3c(c2)OCO3)n1-c1ccccc1)N1CCc2ccccc21. The lowest BCUT2D eigenvalue weighted by molar-refractivity contribution is -0.116. The maximum absolute atomic E-state index is 13.1. The largest absolute Gasteiger partial charge is 0.454 e. The van der Waals surface area contributed by atoms with Crippen molar-refractivity contribution < 1.29 is 14.3 Å². The van der Waals surface area contributed by atoms with Gasteiger partial charge in [0.05, 0.1) is 5.75 Å². The fourth-order valence-corrected chi connectivity index (χ4v) is 5.03. The van der Waals surface area contributed by atoms with Gasteiger partial charge in [0.15, 0.2) is 22.5 Å². The lowest BCUT2D eigenvalue weighted by Gasteiger charge is -2.17. The van der Waals surface area contributed by atoms with E-state index in [0.29, 0.717) is 23.3 Å². The molecule has 8 heteroatoms. The molecule has 0 unspecified atom stereocenters. The molecule has 1 aromatic heterocycles. The van der Waals surface area contributed by atoms with E-state index in [1.54, 1.807) is 0 Å². The number of benzene rings is 3. The number of carbonyl (C=O) groups excluding carboxylic acids is 1. The van der Waals surface area contributed by atoms with Crippen LogP contribution in [0.4, 0.5) is 5.69 Å². The van der Waals surface area contributed by atoms with E-state index in [0.717, 1.165) is 29.1 Å². The fraction of sp³-hybridized carbons (Fsp3) is 0.160. The molecule has 0 bridgehead atoms. The predicted molar refractivity (Wildman–Crippen MR) is 126 cm³/mol. The number of carbonyl (C=O) groups is 1. The summed E-state index contributed by atoms with van der Waals surface area (Å²) in [6.45, 7) is 0.930. The Morgan fingerprint density at radius 3 is 2.67 bits per heavy atom. The molecule has 7 nitrogen and oxygen atoms in total. The van der Waals surface area contributed by atoms with Crippen molar-refractivity contribution in [3.63, 3.8) is 0 Å². The van der Waals surface area contributed by atoms with E-state index in [1.807, 2.05) is 76.2 Å². The smallest absolute Gasteiger partial charge is 0.237 e. The van der Waals surface area contributed by atoms with Gasteiger partial charge in [0.1, 0.15) is 0 Å². The topological polar surface area (TPSA) is 69.5 Å². The van der Waals surface area contributed by atoms with E-state index in [9.17, 15) is 4.79 Å². The van der Waals surface area contributed by atoms with E-state index >= 15 is 0 Å². The van der Waals surface area contributed by atoms with E-state index < -0.39 is 0 Å². The number of aromatic nitrogens is 3. The first kappa shape index (κ1) is 19.9. The molecule has 2 aliphatic heterocycles. The van der Waals surface area contributed by atoms with Crippen LogP contribution >= 0.6 is 11.8 Å². The standard InChI is InChI=1S/C25H20N4O3S/c30-23(28-13-12-17-6-4-5-9-20(17)28)15-33-25-27-26-24(29(25)19-7-2-1-3-8-19)18-10-11-21-22(14-18)32-16-31-21/h1-11,14H,12-13,15-16H2. The molecule has 33 heavy (non-hydrogen) atoms. The molecule has 3 aromatic carbocycles. The summed E-state index contributed by atoms with van der Waals surface area (Å²) in [4.78, 5) is 14.9. The van der Waals surface area contributed by atoms with Crippen molar-refractivity contribution in [3.05, 3.63) is 78.4 Å². The van der Waals surface area contributed by atoms with Gasteiger partial charge < -0.3 is 14.4 Å². The van der Waals surface area contributed by atoms with Gasteiger partial charge in [-0.1, -0.05) is 48.2 Å². The van der Waals surface area contributed by atoms with Gasteiger partial charge in [-0.25, -0.2) is 0 Å². The molecule has 0 fully saturated rings. The second-order valence-corrected chi connectivity index (χ2v) is 8.70. The molecule has 0 N–H and O–H groups in total. The van der Waals surface area contributed by atoms with Crippen LogP contribution in [0.15, 0.2) is 78.0 Å². The molecule has 2 aliphatic rings. The van der Waals surface area contributed by atoms with Crippen molar-refractivity contribution in [2.75, 3.05) is 24.0 Å². The Kier molecular flexibility index (Phi) is 4.99. The van der Waals surface area contributed by atoms with Crippen LogP contribution in [-0.2, 0) is 11.2 Å². The number of hydrogen-bond donors (Lipinski definition) is 0. The number of anilines is 1. The summed E-state index contributed by atoms with van der Waals surface area (Å²) in [7, 11) is 0. The molecule has 0 radical (unpaired) electrons. The van der Waals surface area contributed by atoms with Gasteiger partial charge in [-0.3, -0.25) is 9.36 Å². The molecule has 0 saturated carbocycles. The number of nitrogens with zero attached hydrogens (tertiary/aromatic N) is 4. The van der Waals surface area contributed by atoms with Gasteiger partial charge in [-0.2, -0.15) is 0 Å². The molecule has 0 saturated heterocycles. The van der Waals surface area contributed by atoms with Crippen LogP contribution in [0.25, 0.3) is 17.1 Å². The van der Waals surface area contributed by atoms with Crippen molar-refractivity contribution in [2.24, 2.45) is 0 Å². The lowest BCUT2D eigenvalue weighted by Crippen LogP contribution is -2.30. The third-order valence-corrected chi connectivity index (χ3v) is 6.71. The zero-order chi connectivity index (χ0) is 22.2. The summed E-state index contributed by atoms with van der Waals surface area (Å²) >= 11 is 1.39. The number of fused-ring (bicyclic) bond motifs is 2. The fourth-order valence-electron chi connectivity index (χ4n) is 4.20. The van der Waals surface area contributed by atoms with Gasteiger partial charge in [0.2, 0.25) is 12.7 Å². The Balaban J connectivity index is 1.31. The summed E-state index contributed by atoms with van der Waals surface area (Å²) in [5, 5.41) is 9.57. The number of rotatable bonds is 5. The van der Waals surface area contributed by atoms with E-state index in [2.05, 4.69) is 16.3 Å². The molecule has 0 atom stereocenters. The quantitative estimate of drug-likeness (QED) is 0.416. The average Bonchev–Trinajstić information content (AvgIpc) is 3.60. The predicted octanol–water partition coefficient (Wildman–Crippen LogP) is 4.34. The Hall–Kier alpha value is -3.78. The molecule has 1 amide bonds. The minimum absolute atomic E-state index is 0.0668. The first-order chi connectivity index (χ1) is 16.3. The van der Waals surface area contributed by atoms with Gasteiger partial charge in [-0.15, -0.1) is 10.2 Å². The van der Waals surface area contributed by atoms with E-state index in [-0.39, 0.29) is 18.5 Å². The maximum atomic E-state index is 13.1. The van der Waals surface area contributed by atoms with E-state index in [1.165, 1.54) is 17.3 Å². The van der Waals surface area contributed by atoms with Crippen LogP contribution in [0.5, 0.6) is 11.5 Å². The third-order valence-electron chi connectivity index (χ3n) is 5.79. The third kappa shape index (κ3) is 3.62. The normalized spacial score (nSPS) is 13.9. The molecule has 0 spiro atoms. The Labute approximate surface area is 195 Å². The summed E-state index contributed by atoms with van der Waals surface area (Å²) in [5.41, 5.74) is 4.01. The Morgan fingerprint density at radius 2 is 1.76 bits per heavy atom. The number of ether oxygens (including phenoxy) is 2. The van der Waals surface area contributed by atoms with Crippen molar-refractivity contribution in [1.29, 1.82) is 0 Å². The van der Waals surface area contributed by atoms with Crippen LogP contribution in [0.2, 0.25) is 0 Å². The number of para-hydroxylation sites is 2. The Bertz CT molecular complexity index is 1340. The molecule has 4 aromatic rings. The number of hydrogen-bond acceptors (Lipinski definition) is 6. The summed E-state index contributed by atoms with van der Waals surface area (Å²) in [6, 6.07) is 23.7. The maximum Gasteiger partial charge on any atom is 0.237 e. The summed E-state index contributed by atoms with van der Waals surface area (Å²) in [5.74, 6) is 2.43. The minimum atomic E-state index is 0.0668. The highest BCUT2D eigenvalue weighted by atomic mass is 32.2. The highest BCUT2D eigenvalue weighted by Gasteiger charge is 2.25. The minimum Gasteiger partial charge on any atom is -0.454 e. The van der Waals surface area contributed by atoms with Gasteiger partial charge in [0.25, 0.3) is 0 Å². The van der Waals surface area contributed by atoms with Crippen LogP contribution < -0.4 is 14.4 Å². The van der Waals surface area contributed by atoms with Gasteiger partial charge in [0, 0.05) is 23.5 Å². The van der Waals surface area contributed by atoms with Crippen molar-refractivity contribution in [2.45, 2.75) is 11.6 Å². The first-order valence-corrected chi connectivity index (χ1v) is 11.7. The second-order valence-electron chi connectivity index (χ2n) is 7.76. The highest BCUT2D eigenvalue weighted by Crippen LogP contribution is 2.37. The lowest BCUT2D eigenvalue weighted by atomic mass is 10.2. The summed E-state index contributed by atoms with van der Waals surface area (Å²) in [6.07, 6.45) is 0.890. The van der Waals surface area contributed by atoms with Crippen molar-refractivity contribution in [3.8, 4) is 28.6 Å². The highest BCUT2D eigenvalue weighted by molar-refractivity contribution is 7.99.